The molecule has 0 amide bonds. The maximum atomic E-state index is 12.3. The number of aliphatic hydroxyl groups is 2. The summed E-state index contributed by atoms with van der Waals surface area (Å²) in [5.74, 6) is -0.286. The van der Waals surface area contributed by atoms with Crippen LogP contribution in [-0.4, -0.2) is 55.7 Å². The van der Waals surface area contributed by atoms with Crippen LogP contribution in [0.15, 0.2) is 18.5 Å². The molecule has 1 aliphatic heterocycles. The fraction of sp³-hybridized carbons (Fsp3) is 0.579. The molecule has 2 aromatic heterocycles. The van der Waals surface area contributed by atoms with Crippen LogP contribution in [-0.2, 0) is 19.9 Å². The van der Waals surface area contributed by atoms with E-state index >= 15 is 0 Å². The lowest BCUT2D eigenvalue weighted by molar-refractivity contribution is -0.156. The predicted octanol–water partition coefficient (Wildman–Crippen LogP) is 0.852. The van der Waals surface area contributed by atoms with Crippen molar-refractivity contribution in [1.29, 1.82) is 5.26 Å². The zero-order valence-electron chi connectivity index (χ0n) is 16.2. The largest absolute Gasteiger partial charge is 0.463 e. The second kappa shape index (κ2) is 8.85. The third kappa shape index (κ3) is 3.65. The minimum absolute atomic E-state index is 0. The molecule has 4 atom stereocenters. The minimum atomic E-state index is -1.89. The lowest BCUT2D eigenvalue weighted by Gasteiger charge is -2.24. The van der Waals surface area contributed by atoms with Crippen LogP contribution in [0, 0.1) is 17.2 Å². The summed E-state index contributed by atoms with van der Waals surface area (Å²) in [6.07, 6.45) is 1.85. The average Bonchev–Trinajstić information content (AvgIpc) is 3.29. The van der Waals surface area contributed by atoms with Gasteiger partial charge in [-0.3, -0.25) is 4.79 Å². The smallest absolute Gasteiger partial charge is 0.309 e. The summed E-state index contributed by atoms with van der Waals surface area (Å²) in [6, 6.07) is 5.10. The Morgan fingerprint density at radius 2 is 2.10 bits per heavy atom. The second-order valence-electron chi connectivity index (χ2n) is 7.57. The van der Waals surface area contributed by atoms with Gasteiger partial charge in [-0.05, 0) is 25.0 Å². The highest BCUT2D eigenvalue weighted by molar-refractivity contribution is 8.93. The summed E-state index contributed by atoms with van der Waals surface area (Å²) in [6.45, 7) is -0.253. The van der Waals surface area contributed by atoms with E-state index in [1.165, 1.54) is 16.9 Å². The van der Waals surface area contributed by atoms with Crippen molar-refractivity contribution in [3.63, 3.8) is 0 Å². The highest BCUT2D eigenvalue weighted by Crippen LogP contribution is 2.40. The number of halogens is 1. The fourth-order valence-corrected chi connectivity index (χ4v) is 4.17. The quantitative estimate of drug-likeness (QED) is 0.538. The van der Waals surface area contributed by atoms with Crippen molar-refractivity contribution >= 4 is 34.3 Å². The number of hydrogen-bond acceptors (Lipinski definition) is 9. The maximum Gasteiger partial charge on any atom is 0.309 e. The molecule has 1 saturated heterocycles. The van der Waals surface area contributed by atoms with Crippen molar-refractivity contribution < 1.29 is 24.5 Å². The highest BCUT2D eigenvalue weighted by atomic mass is 79.9. The topological polar surface area (TPSA) is 156 Å². The van der Waals surface area contributed by atoms with E-state index in [-0.39, 0.29) is 47.0 Å². The third-order valence-corrected chi connectivity index (χ3v) is 5.81. The molecule has 2 aliphatic rings. The average molecular weight is 482 g/mol. The molecule has 4 rings (SSSR count). The number of hydrogen-bond donors (Lipinski definition) is 3. The summed E-state index contributed by atoms with van der Waals surface area (Å²) in [5, 5.41) is 35.1. The Labute approximate surface area is 183 Å². The molecule has 11 heteroatoms. The Bertz CT molecular complexity index is 956. The van der Waals surface area contributed by atoms with E-state index in [1.54, 1.807) is 6.07 Å². The number of aromatic nitrogens is 3. The number of carbonyl (C=O) groups excluding carboxylic acids is 1. The molecule has 1 saturated carbocycles. The normalized spacial score (nSPS) is 29.3. The molecule has 10 nitrogen and oxygen atoms in total. The van der Waals surface area contributed by atoms with Crippen molar-refractivity contribution in [2.75, 3.05) is 12.3 Å². The number of nitrogens with two attached hydrogens (primary N) is 1. The van der Waals surface area contributed by atoms with Crippen molar-refractivity contribution in [3.8, 4) is 6.07 Å². The van der Waals surface area contributed by atoms with Crippen LogP contribution in [0.25, 0.3) is 5.52 Å². The van der Waals surface area contributed by atoms with Crippen LogP contribution in [0.3, 0.4) is 0 Å². The first-order chi connectivity index (χ1) is 14.0. The van der Waals surface area contributed by atoms with Gasteiger partial charge in [0.2, 0.25) is 5.60 Å². The van der Waals surface area contributed by atoms with E-state index in [0.29, 0.717) is 5.52 Å². The lowest BCUT2D eigenvalue weighted by atomic mass is 9.89. The molecule has 30 heavy (non-hydrogen) atoms. The molecule has 0 unspecified atom stereocenters. The maximum absolute atomic E-state index is 12.3. The number of aliphatic hydroxyl groups excluding tert-OH is 2. The molecule has 2 fully saturated rings. The minimum Gasteiger partial charge on any atom is -0.463 e. The standard InChI is InChI=1S/C19H23N5O5.BrH/c20-9-19(14-7-6-12-17(21)22-10-23-24(12)14)16(26)15(25)13(29-19)8-28-18(27)11-4-2-1-3-5-11;/h6-7,10-11,13,15-16,25-26H,1-5,8H2,(H2,21,22,23);1H/t13-,15-,16-,19+;/m1./s1. The fourth-order valence-electron chi connectivity index (χ4n) is 4.17. The Morgan fingerprint density at radius 3 is 2.80 bits per heavy atom. The molecule has 162 valence electrons. The van der Waals surface area contributed by atoms with Crippen LogP contribution in [0.1, 0.15) is 37.8 Å². The summed E-state index contributed by atoms with van der Waals surface area (Å²) >= 11 is 0. The van der Waals surface area contributed by atoms with Crippen LogP contribution >= 0.6 is 17.0 Å². The van der Waals surface area contributed by atoms with E-state index < -0.39 is 23.9 Å². The number of nitriles is 1. The van der Waals surface area contributed by atoms with Crippen molar-refractivity contribution in [2.45, 2.75) is 56.0 Å². The van der Waals surface area contributed by atoms with Crippen LogP contribution < -0.4 is 5.73 Å². The van der Waals surface area contributed by atoms with E-state index in [9.17, 15) is 20.3 Å². The lowest BCUT2D eigenvalue weighted by Crippen LogP contribution is -2.41. The first-order valence-corrected chi connectivity index (χ1v) is 9.68. The molecule has 2 aromatic rings. The van der Waals surface area contributed by atoms with Gasteiger partial charge in [-0.1, -0.05) is 19.3 Å². The zero-order chi connectivity index (χ0) is 20.6. The SMILES string of the molecule is Br.N#C[C@@]1(c2ccc3c(N)ncnn23)O[C@H](COC(=O)C2CCCCC2)[C@@H](O)[C@H]1O. The summed E-state index contributed by atoms with van der Waals surface area (Å²) in [4.78, 5) is 16.2. The predicted molar refractivity (Wildman–Crippen MR) is 109 cm³/mol. The van der Waals surface area contributed by atoms with Crippen molar-refractivity contribution in [1.82, 2.24) is 14.6 Å². The first kappa shape index (κ1) is 22.4. The van der Waals surface area contributed by atoms with E-state index in [0.717, 1.165) is 32.1 Å². The number of ether oxygens (including phenoxy) is 2. The highest BCUT2D eigenvalue weighted by Gasteiger charge is 2.57. The molecular formula is C19H24BrN5O5. The number of anilines is 1. The monoisotopic (exact) mass is 481 g/mol. The van der Waals surface area contributed by atoms with Gasteiger partial charge in [0.1, 0.15) is 42.8 Å². The van der Waals surface area contributed by atoms with Crippen LogP contribution in [0.2, 0.25) is 0 Å². The first-order valence-electron chi connectivity index (χ1n) is 9.68. The summed E-state index contributed by atoms with van der Waals surface area (Å²) < 4.78 is 12.5. The van der Waals surface area contributed by atoms with Gasteiger partial charge in [0.25, 0.3) is 0 Å². The molecule has 4 N–H and O–H groups in total. The van der Waals surface area contributed by atoms with E-state index in [4.69, 9.17) is 15.2 Å². The zero-order valence-corrected chi connectivity index (χ0v) is 17.9. The molecule has 0 radical (unpaired) electrons. The molecular weight excluding hydrogens is 458 g/mol. The molecule has 0 aromatic carbocycles. The molecule has 0 bridgehead atoms. The number of nitrogens with zero attached hydrogens (tertiary/aromatic N) is 4. The van der Waals surface area contributed by atoms with Gasteiger partial charge in [0.15, 0.2) is 5.82 Å². The van der Waals surface area contributed by atoms with Crippen LogP contribution in [0.5, 0.6) is 0 Å². The number of rotatable bonds is 4. The molecule has 0 spiro atoms. The van der Waals surface area contributed by atoms with Crippen molar-refractivity contribution in [3.05, 3.63) is 24.2 Å². The van der Waals surface area contributed by atoms with Crippen LogP contribution in [0.4, 0.5) is 5.82 Å². The van der Waals surface area contributed by atoms with E-state index in [2.05, 4.69) is 10.1 Å². The summed E-state index contributed by atoms with van der Waals surface area (Å²) in [7, 11) is 0. The third-order valence-electron chi connectivity index (χ3n) is 5.81. The molecule has 3 heterocycles. The van der Waals surface area contributed by atoms with Crippen molar-refractivity contribution in [2.24, 2.45) is 5.92 Å². The van der Waals surface area contributed by atoms with Gasteiger partial charge in [-0.2, -0.15) is 10.4 Å². The van der Waals surface area contributed by atoms with Gasteiger partial charge >= 0.3 is 5.97 Å². The Kier molecular flexibility index (Phi) is 6.62. The van der Waals surface area contributed by atoms with Gasteiger partial charge in [0.05, 0.1) is 11.6 Å². The number of fused-ring (bicyclic) bond motifs is 1. The van der Waals surface area contributed by atoms with Gasteiger partial charge in [-0.25, -0.2) is 9.50 Å². The van der Waals surface area contributed by atoms with Gasteiger partial charge in [0, 0.05) is 0 Å². The Morgan fingerprint density at radius 1 is 1.37 bits per heavy atom. The molecule has 1 aliphatic carbocycles. The second-order valence-corrected chi connectivity index (χ2v) is 7.57. The Balaban J connectivity index is 0.00000256. The van der Waals surface area contributed by atoms with Gasteiger partial charge in [-0.15, -0.1) is 17.0 Å². The number of esters is 1. The summed E-state index contributed by atoms with van der Waals surface area (Å²) in [5.41, 5.74) is 4.58. The van der Waals surface area contributed by atoms with E-state index in [1.807, 2.05) is 6.07 Å². The van der Waals surface area contributed by atoms with Gasteiger partial charge < -0.3 is 25.4 Å². The number of nitrogen functional groups attached to an aromatic ring is 1. The number of carbonyl (C=O) groups is 1. The Hall–Kier alpha value is -2.26.